The molecule has 3 unspecified atom stereocenters. The Hall–Kier alpha value is -0.630. The third-order valence-electron chi connectivity index (χ3n) is 4.71. The second-order valence-corrected chi connectivity index (χ2v) is 6.62. The molecule has 2 aliphatic rings. The summed E-state index contributed by atoms with van der Waals surface area (Å²) in [5.74, 6) is 0. The molecule has 2 saturated heterocycles. The van der Waals surface area contributed by atoms with Crippen molar-refractivity contribution in [2.24, 2.45) is 5.73 Å². The molecule has 2 aliphatic heterocycles. The number of rotatable bonds is 5. The molecule has 0 bridgehead atoms. The van der Waals surface area contributed by atoms with Gasteiger partial charge >= 0.3 is 0 Å². The van der Waals surface area contributed by atoms with E-state index in [1.165, 1.54) is 32.5 Å². The third kappa shape index (κ3) is 3.92. The summed E-state index contributed by atoms with van der Waals surface area (Å²) in [6.45, 7) is 9.10. The zero-order valence-electron chi connectivity index (χ0n) is 12.4. The maximum absolute atomic E-state index is 8.90. The van der Waals surface area contributed by atoms with Crippen LogP contribution in [0.25, 0.3) is 0 Å². The SMILES string of the molecule is CC1CN2CCCC2CN1CCCCC(C)(N)C#N. The van der Waals surface area contributed by atoms with E-state index in [4.69, 9.17) is 11.0 Å². The van der Waals surface area contributed by atoms with Crippen molar-refractivity contribution in [3.63, 3.8) is 0 Å². The Morgan fingerprint density at radius 3 is 2.89 bits per heavy atom. The van der Waals surface area contributed by atoms with Gasteiger partial charge in [0.2, 0.25) is 0 Å². The summed E-state index contributed by atoms with van der Waals surface area (Å²) >= 11 is 0. The number of nitrogens with zero attached hydrogens (tertiary/aromatic N) is 3. The molecule has 108 valence electrons. The van der Waals surface area contributed by atoms with Crippen LogP contribution in [0.1, 0.15) is 46.0 Å². The number of hydrogen-bond donors (Lipinski definition) is 1. The molecule has 4 heteroatoms. The van der Waals surface area contributed by atoms with Crippen molar-refractivity contribution in [1.82, 2.24) is 9.80 Å². The van der Waals surface area contributed by atoms with E-state index in [0.29, 0.717) is 6.04 Å². The fourth-order valence-electron chi connectivity index (χ4n) is 3.42. The monoisotopic (exact) mass is 264 g/mol. The quantitative estimate of drug-likeness (QED) is 0.766. The van der Waals surface area contributed by atoms with Gasteiger partial charge in [0.05, 0.1) is 6.07 Å². The lowest BCUT2D eigenvalue weighted by Crippen LogP contribution is -2.55. The Bertz CT molecular complexity index is 334. The first-order valence-corrected chi connectivity index (χ1v) is 7.70. The molecular formula is C15H28N4. The van der Waals surface area contributed by atoms with Gasteiger partial charge in [-0.15, -0.1) is 0 Å². The normalized spacial score (nSPS) is 31.7. The summed E-state index contributed by atoms with van der Waals surface area (Å²) in [5.41, 5.74) is 5.21. The standard InChI is InChI=1S/C15H28N4/c1-13-10-19-9-5-6-14(19)11-18(13)8-4-3-7-15(2,17)12-16/h13-14H,3-11,17H2,1-2H3. The van der Waals surface area contributed by atoms with E-state index >= 15 is 0 Å². The van der Waals surface area contributed by atoms with E-state index in [1.807, 2.05) is 6.92 Å². The number of nitriles is 1. The van der Waals surface area contributed by atoms with E-state index in [1.54, 1.807) is 0 Å². The van der Waals surface area contributed by atoms with Crippen molar-refractivity contribution in [3.05, 3.63) is 0 Å². The highest BCUT2D eigenvalue weighted by molar-refractivity contribution is 5.00. The van der Waals surface area contributed by atoms with Gasteiger partial charge in [-0.1, -0.05) is 0 Å². The summed E-state index contributed by atoms with van der Waals surface area (Å²) < 4.78 is 0. The average molecular weight is 264 g/mol. The summed E-state index contributed by atoms with van der Waals surface area (Å²) in [7, 11) is 0. The Kier molecular flexibility index (Phi) is 4.83. The smallest absolute Gasteiger partial charge is 0.101 e. The van der Waals surface area contributed by atoms with Gasteiger partial charge in [0.25, 0.3) is 0 Å². The highest BCUT2D eigenvalue weighted by Crippen LogP contribution is 2.24. The molecule has 0 radical (unpaired) electrons. The predicted molar refractivity (Wildman–Crippen MR) is 77.7 cm³/mol. The highest BCUT2D eigenvalue weighted by Gasteiger charge is 2.33. The van der Waals surface area contributed by atoms with Gasteiger partial charge in [0, 0.05) is 25.2 Å². The summed E-state index contributed by atoms with van der Waals surface area (Å²) in [6.07, 6.45) is 5.77. The summed E-state index contributed by atoms with van der Waals surface area (Å²) in [6, 6.07) is 3.65. The molecule has 2 N–H and O–H groups in total. The second kappa shape index (κ2) is 6.21. The van der Waals surface area contributed by atoms with Crippen LogP contribution in [0.4, 0.5) is 0 Å². The van der Waals surface area contributed by atoms with E-state index in [9.17, 15) is 0 Å². The van der Waals surface area contributed by atoms with E-state index in [0.717, 1.165) is 31.8 Å². The van der Waals surface area contributed by atoms with Gasteiger partial charge in [0.1, 0.15) is 5.54 Å². The van der Waals surface area contributed by atoms with Crippen molar-refractivity contribution >= 4 is 0 Å². The van der Waals surface area contributed by atoms with Gasteiger partial charge in [-0.05, 0) is 59.0 Å². The van der Waals surface area contributed by atoms with Crippen molar-refractivity contribution in [3.8, 4) is 6.07 Å². The van der Waals surface area contributed by atoms with Crippen molar-refractivity contribution in [2.45, 2.75) is 63.6 Å². The molecule has 0 aromatic heterocycles. The van der Waals surface area contributed by atoms with Crippen molar-refractivity contribution < 1.29 is 0 Å². The topological polar surface area (TPSA) is 56.3 Å². The van der Waals surface area contributed by atoms with Crippen LogP contribution in [-0.2, 0) is 0 Å². The first-order valence-electron chi connectivity index (χ1n) is 7.70. The van der Waals surface area contributed by atoms with Crippen molar-refractivity contribution in [2.75, 3.05) is 26.2 Å². The van der Waals surface area contributed by atoms with Crippen LogP contribution in [0.5, 0.6) is 0 Å². The Balaban J connectivity index is 1.70. The first kappa shape index (κ1) is 14.8. The molecule has 4 nitrogen and oxygen atoms in total. The number of nitrogens with two attached hydrogens (primary N) is 1. The molecule has 0 aromatic carbocycles. The number of fused-ring (bicyclic) bond motifs is 1. The van der Waals surface area contributed by atoms with Crippen LogP contribution in [0.15, 0.2) is 0 Å². The van der Waals surface area contributed by atoms with Crippen LogP contribution < -0.4 is 5.73 Å². The average Bonchev–Trinajstić information content (AvgIpc) is 2.81. The minimum Gasteiger partial charge on any atom is -0.314 e. The van der Waals surface area contributed by atoms with Crippen LogP contribution >= 0.6 is 0 Å². The zero-order chi connectivity index (χ0) is 13.9. The molecule has 0 aliphatic carbocycles. The van der Waals surface area contributed by atoms with Gasteiger partial charge in [0.15, 0.2) is 0 Å². The summed E-state index contributed by atoms with van der Waals surface area (Å²) in [5, 5.41) is 8.90. The van der Waals surface area contributed by atoms with Crippen molar-refractivity contribution in [1.29, 1.82) is 5.26 Å². The lowest BCUT2D eigenvalue weighted by molar-refractivity contribution is 0.0581. The number of piperazine rings is 1. The summed E-state index contributed by atoms with van der Waals surface area (Å²) in [4.78, 5) is 5.29. The molecule has 19 heavy (non-hydrogen) atoms. The molecule has 2 rings (SSSR count). The predicted octanol–water partition coefficient (Wildman–Crippen LogP) is 1.57. The van der Waals surface area contributed by atoms with Gasteiger partial charge in [-0.25, -0.2) is 0 Å². The van der Waals surface area contributed by atoms with Crippen LogP contribution in [0, 0.1) is 11.3 Å². The van der Waals surface area contributed by atoms with Crippen LogP contribution in [0.3, 0.4) is 0 Å². The molecule has 3 atom stereocenters. The van der Waals surface area contributed by atoms with Gasteiger partial charge < -0.3 is 5.73 Å². The van der Waals surface area contributed by atoms with Gasteiger partial charge in [-0.3, -0.25) is 9.80 Å². The number of unbranched alkanes of at least 4 members (excludes halogenated alkanes) is 1. The van der Waals surface area contributed by atoms with E-state index in [2.05, 4.69) is 22.8 Å². The Morgan fingerprint density at radius 1 is 1.37 bits per heavy atom. The maximum atomic E-state index is 8.90. The first-order chi connectivity index (χ1) is 9.02. The molecule has 0 amide bonds. The van der Waals surface area contributed by atoms with E-state index in [-0.39, 0.29) is 0 Å². The molecule has 0 spiro atoms. The second-order valence-electron chi connectivity index (χ2n) is 6.62. The lowest BCUT2D eigenvalue weighted by Gasteiger charge is -2.42. The Labute approximate surface area is 117 Å². The minimum absolute atomic E-state index is 0.643. The maximum Gasteiger partial charge on any atom is 0.101 e. The van der Waals surface area contributed by atoms with Crippen LogP contribution in [-0.4, -0.2) is 53.6 Å². The number of hydrogen-bond acceptors (Lipinski definition) is 4. The molecular weight excluding hydrogens is 236 g/mol. The zero-order valence-corrected chi connectivity index (χ0v) is 12.4. The molecule has 0 aromatic rings. The lowest BCUT2D eigenvalue weighted by atomic mass is 9.98. The third-order valence-corrected chi connectivity index (χ3v) is 4.71. The van der Waals surface area contributed by atoms with E-state index < -0.39 is 5.54 Å². The molecule has 2 fully saturated rings. The molecule has 2 heterocycles. The van der Waals surface area contributed by atoms with Gasteiger partial charge in [-0.2, -0.15) is 5.26 Å². The highest BCUT2D eigenvalue weighted by atomic mass is 15.3. The fraction of sp³-hybridized carbons (Fsp3) is 0.933. The Morgan fingerprint density at radius 2 is 2.16 bits per heavy atom. The minimum atomic E-state index is -0.643. The van der Waals surface area contributed by atoms with Crippen LogP contribution in [0.2, 0.25) is 0 Å². The molecule has 0 saturated carbocycles. The fourth-order valence-corrected chi connectivity index (χ4v) is 3.42. The largest absolute Gasteiger partial charge is 0.314 e.